The van der Waals surface area contributed by atoms with Crippen LogP contribution in [0.2, 0.25) is 0 Å². The molecule has 0 aliphatic heterocycles. The van der Waals surface area contributed by atoms with E-state index in [-0.39, 0.29) is 6.42 Å². The van der Waals surface area contributed by atoms with Crippen LogP contribution in [-0.4, -0.2) is 23.2 Å². The highest BCUT2D eigenvalue weighted by Gasteiger charge is 2.28. The van der Waals surface area contributed by atoms with Crippen molar-refractivity contribution in [3.8, 4) is 0 Å². The highest BCUT2D eigenvalue weighted by molar-refractivity contribution is 5.80. The molecular formula is C10H10N2O4. The molecule has 0 aliphatic carbocycles. The first-order chi connectivity index (χ1) is 7.65. The zero-order valence-electron chi connectivity index (χ0n) is 8.33. The van der Waals surface area contributed by atoms with E-state index in [1.54, 1.807) is 30.3 Å². The molecule has 1 rings (SSSR count). The van der Waals surface area contributed by atoms with Gasteiger partial charge in [0.15, 0.2) is 6.04 Å². The number of para-hydroxylation sites is 1. The SMILES string of the molecule is O=CCC(Nc1ccccc1)C(=O)[N+](=O)[O-]. The lowest BCUT2D eigenvalue weighted by atomic mass is 10.2. The number of hydrogen-bond donors (Lipinski definition) is 1. The zero-order chi connectivity index (χ0) is 12.0. The molecule has 1 aromatic rings. The van der Waals surface area contributed by atoms with Gasteiger partial charge in [-0.15, -0.1) is 0 Å². The molecule has 0 saturated heterocycles. The van der Waals surface area contributed by atoms with Crippen molar-refractivity contribution < 1.29 is 14.5 Å². The fourth-order valence-electron chi connectivity index (χ4n) is 1.18. The summed E-state index contributed by atoms with van der Waals surface area (Å²) in [6.07, 6.45) is 0.247. The molecule has 0 fully saturated rings. The minimum absolute atomic E-state index is 0.227. The van der Waals surface area contributed by atoms with Crippen molar-refractivity contribution in [3.05, 3.63) is 40.4 Å². The molecule has 1 N–H and O–H groups in total. The molecule has 16 heavy (non-hydrogen) atoms. The minimum atomic E-state index is -1.21. The number of benzene rings is 1. The summed E-state index contributed by atoms with van der Waals surface area (Å²) in [5, 5.41) is 12.9. The molecule has 0 spiro atoms. The Morgan fingerprint density at radius 3 is 2.56 bits per heavy atom. The van der Waals surface area contributed by atoms with Gasteiger partial charge in [0.1, 0.15) is 11.2 Å². The first-order valence-electron chi connectivity index (χ1n) is 4.58. The first kappa shape index (κ1) is 11.8. The van der Waals surface area contributed by atoms with Crippen molar-refractivity contribution in [1.82, 2.24) is 0 Å². The van der Waals surface area contributed by atoms with Crippen LogP contribution in [0.3, 0.4) is 0 Å². The Morgan fingerprint density at radius 2 is 2.06 bits per heavy atom. The number of carbonyl (C=O) groups excluding carboxylic acids is 2. The van der Waals surface area contributed by atoms with Gasteiger partial charge >= 0.3 is 5.91 Å². The van der Waals surface area contributed by atoms with Crippen molar-refractivity contribution in [2.45, 2.75) is 12.5 Å². The van der Waals surface area contributed by atoms with Crippen molar-refractivity contribution in [3.63, 3.8) is 0 Å². The summed E-state index contributed by atoms with van der Waals surface area (Å²) < 4.78 is 0. The van der Waals surface area contributed by atoms with Crippen LogP contribution in [0.5, 0.6) is 0 Å². The second kappa shape index (κ2) is 5.59. The van der Waals surface area contributed by atoms with Crippen LogP contribution in [0.15, 0.2) is 30.3 Å². The van der Waals surface area contributed by atoms with Crippen LogP contribution in [0, 0.1) is 10.1 Å². The summed E-state index contributed by atoms with van der Waals surface area (Å²) in [4.78, 5) is 30.7. The van der Waals surface area contributed by atoms with Crippen LogP contribution >= 0.6 is 0 Å². The van der Waals surface area contributed by atoms with Crippen molar-refractivity contribution in [2.24, 2.45) is 0 Å². The van der Waals surface area contributed by atoms with E-state index in [0.29, 0.717) is 12.0 Å². The average molecular weight is 222 g/mol. The maximum Gasteiger partial charge on any atom is 0.466 e. The smallest absolute Gasteiger partial charge is 0.369 e. The molecule has 0 saturated carbocycles. The third-order valence-electron chi connectivity index (χ3n) is 1.92. The molecule has 1 aromatic carbocycles. The van der Waals surface area contributed by atoms with Gasteiger partial charge in [0.05, 0.1) is 0 Å². The van der Waals surface area contributed by atoms with Gasteiger partial charge in [-0.3, -0.25) is 10.1 Å². The summed E-state index contributed by atoms with van der Waals surface area (Å²) in [5.74, 6) is -1.21. The van der Waals surface area contributed by atoms with E-state index in [4.69, 9.17) is 0 Å². The second-order valence-corrected chi connectivity index (χ2v) is 3.06. The monoisotopic (exact) mass is 222 g/mol. The summed E-state index contributed by atoms with van der Waals surface area (Å²) >= 11 is 0. The minimum Gasteiger partial charge on any atom is -0.369 e. The third kappa shape index (κ3) is 3.16. The third-order valence-corrected chi connectivity index (χ3v) is 1.92. The lowest BCUT2D eigenvalue weighted by molar-refractivity contribution is -0.403. The maximum atomic E-state index is 11.1. The number of amides is 1. The van der Waals surface area contributed by atoms with Gasteiger partial charge in [-0.25, -0.2) is 4.79 Å². The number of nitro groups is 1. The molecule has 0 heterocycles. The molecule has 0 aliphatic rings. The van der Waals surface area contributed by atoms with Gasteiger partial charge in [0, 0.05) is 12.1 Å². The van der Waals surface area contributed by atoms with E-state index < -0.39 is 16.9 Å². The number of hydrogen-bond acceptors (Lipinski definition) is 5. The molecule has 1 amide bonds. The fourth-order valence-corrected chi connectivity index (χ4v) is 1.18. The zero-order valence-corrected chi connectivity index (χ0v) is 8.33. The molecule has 0 aromatic heterocycles. The summed E-state index contributed by atoms with van der Waals surface area (Å²) in [6, 6.07) is 7.41. The molecule has 1 unspecified atom stereocenters. The molecular weight excluding hydrogens is 212 g/mol. The number of carbonyl (C=O) groups is 2. The standard InChI is InChI=1S/C10H10N2O4/c13-7-6-9(10(14)12(15)16)11-8-4-2-1-3-5-8/h1-5,7,9,11H,6H2. The predicted molar refractivity (Wildman–Crippen MR) is 56.5 cm³/mol. The van der Waals surface area contributed by atoms with E-state index in [2.05, 4.69) is 5.32 Å². The predicted octanol–water partition coefficient (Wildman–Crippen LogP) is 0.859. The van der Waals surface area contributed by atoms with Crippen molar-refractivity contribution in [1.29, 1.82) is 0 Å². The summed E-state index contributed by atoms with van der Waals surface area (Å²) in [5.41, 5.74) is 0.560. The van der Waals surface area contributed by atoms with E-state index in [9.17, 15) is 19.7 Å². The van der Waals surface area contributed by atoms with Crippen LogP contribution in [0.25, 0.3) is 0 Å². The molecule has 6 heteroatoms. The number of aldehydes is 1. The normalized spacial score (nSPS) is 11.5. The van der Waals surface area contributed by atoms with E-state index >= 15 is 0 Å². The van der Waals surface area contributed by atoms with Crippen LogP contribution in [0.1, 0.15) is 6.42 Å². The van der Waals surface area contributed by atoms with Gasteiger partial charge in [-0.2, -0.15) is 0 Å². The molecule has 84 valence electrons. The summed E-state index contributed by atoms with van der Waals surface area (Å²) in [6.45, 7) is 0. The highest BCUT2D eigenvalue weighted by Crippen LogP contribution is 2.09. The molecule has 0 bridgehead atoms. The fraction of sp³-hybridized carbons (Fsp3) is 0.200. The topological polar surface area (TPSA) is 89.3 Å². The second-order valence-electron chi connectivity index (χ2n) is 3.06. The lowest BCUT2D eigenvalue weighted by Crippen LogP contribution is -2.34. The Bertz CT molecular complexity index is 391. The van der Waals surface area contributed by atoms with Gasteiger partial charge < -0.3 is 10.1 Å². The van der Waals surface area contributed by atoms with E-state index in [1.165, 1.54) is 0 Å². The van der Waals surface area contributed by atoms with Crippen LogP contribution in [0.4, 0.5) is 5.69 Å². The molecule has 6 nitrogen and oxygen atoms in total. The Labute approximate surface area is 91.4 Å². The largest absolute Gasteiger partial charge is 0.466 e. The first-order valence-corrected chi connectivity index (χ1v) is 4.58. The molecule has 1 atom stereocenters. The quantitative estimate of drug-likeness (QED) is 0.453. The number of rotatable bonds is 5. The maximum absolute atomic E-state index is 11.1. The Balaban J connectivity index is 2.76. The Morgan fingerprint density at radius 1 is 1.44 bits per heavy atom. The van der Waals surface area contributed by atoms with Gasteiger partial charge in [0.25, 0.3) is 0 Å². The number of anilines is 1. The number of nitrogens with zero attached hydrogens (tertiary/aromatic N) is 1. The lowest BCUT2D eigenvalue weighted by Gasteiger charge is -2.11. The van der Waals surface area contributed by atoms with Gasteiger partial charge in [0.2, 0.25) is 0 Å². The van der Waals surface area contributed by atoms with Gasteiger partial charge in [-0.1, -0.05) is 18.2 Å². The van der Waals surface area contributed by atoms with Crippen molar-refractivity contribution in [2.75, 3.05) is 5.32 Å². The van der Waals surface area contributed by atoms with Crippen LogP contribution < -0.4 is 5.32 Å². The summed E-state index contributed by atoms with van der Waals surface area (Å²) in [7, 11) is 0. The molecule has 0 radical (unpaired) electrons. The van der Waals surface area contributed by atoms with Crippen molar-refractivity contribution >= 4 is 17.9 Å². The van der Waals surface area contributed by atoms with E-state index in [1.807, 2.05) is 0 Å². The highest BCUT2D eigenvalue weighted by atomic mass is 16.6. The van der Waals surface area contributed by atoms with Crippen LogP contribution in [-0.2, 0) is 9.59 Å². The van der Waals surface area contributed by atoms with E-state index in [0.717, 1.165) is 0 Å². The average Bonchev–Trinajstić information content (AvgIpc) is 2.29. The Hall–Kier alpha value is -2.24. The number of nitrogens with one attached hydrogen (secondary N) is 1. The van der Waals surface area contributed by atoms with Gasteiger partial charge in [-0.05, 0) is 12.1 Å². The Kier molecular flexibility index (Phi) is 4.14.